The summed E-state index contributed by atoms with van der Waals surface area (Å²) in [5, 5.41) is 0. The van der Waals surface area contributed by atoms with Crippen molar-refractivity contribution in [1.29, 1.82) is 0 Å². The Morgan fingerprint density at radius 2 is 2.36 bits per heavy atom. The van der Waals surface area contributed by atoms with Crippen molar-refractivity contribution in [2.75, 3.05) is 26.8 Å². The summed E-state index contributed by atoms with van der Waals surface area (Å²) < 4.78 is 10.2. The van der Waals surface area contributed by atoms with E-state index >= 15 is 0 Å². The summed E-state index contributed by atoms with van der Waals surface area (Å²) >= 11 is 0. The van der Waals surface area contributed by atoms with Crippen LogP contribution in [-0.4, -0.2) is 49.8 Å². The Balaban J connectivity index is 1.92. The summed E-state index contributed by atoms with van der Waals surface area (Å²) in [7, 11) is 1.41. The summed E-state index contributed by atoms with van der Waals surface area (Å²) in [6.45, 7) is 2.48. The van der Waals surface area contributed by atoms with Crippen LogP contribution >= 0.6 is 0 Å². The van der Waals surface area contributed by atoms with Crippen molar-refractivity contribution in [3.8, 4) is 0 Å². The van der Waals surface area contributed by atoms with Gasteiger partial charge in [-0.15, -0.1) is 0 Å². The zero-order valence-corrected chi connectivity index (χ0v) is 8.57. The molecule has 80 valence electrons. The van der Waals surface area contributed by atoms with Crippen LogP contribution in [0.5, 0.6) is 0 Å². The van der Waals surface area contributed by atoms with E-state index < -0.39 is 0 Å². The van der Waals surface area contributed by atoms with Crippen LogP contribution in [0.2, 0.25) is 0 Å². The van der Waals surface area contributed by atoms with Gasteiger partial charge in [0.2, 0.25) is 0 Å². The molecule has 0 radical (unpaired) electrons. The zero-order chi connectivity index (χ0) is 9.97. The van der Waals surface area contributed by atoms with Gasteiger partial charge in [-0.2, -0.15) is 0 Å². The second-order valence-electron chi connectivity index (χ2n) is 3.99. The lowest BCUT2D eigenvalue weighted by atomic mass is 10.0. The van der Waals surface area contributed by atoms with Gasteiger partial charge in [0, 0.05) is 12.6 Å². The molecule has 0 aromatic carbocycles. The highest BCUT2D eigenvalue weighted by atomic mass is 16.6. The van der Waals surface area contributed by atoms with Crippen molar-refractivity contribution in [2.24, 2.45) is 0 Å². The van der Waals surface area contributed by atoms with Crippen LogP contribution in [0.15, 0.2) is 0 Å². The second kappa shape index (κ2) is 4.28. The largest absolute Gasteiger partial charge is 0.467 e. The number of hydrogen-bond acceptors (Lipinski definition) is 4. The third-order valence-corrected chi connectivity index (χ3v) is 3.10. The van der Waals surface area contributed by atoms with Crippen LogP contribution in [0.3, 0.4) is 0 Å². The van der Waals surface area contributed by atoms with E-state index in [0.717, 1.165) is 6.54 Å². The Labute approximate surface area is 84.2 Å². The molecule has 2 rings (SSSR count). The van der Waals surface area contributed by atoms with Crippen molar-refractivity contribution in [3.05, 3.63) is 0 Å². The van der Waals surface area contributed by atoms with E-state index in [4.69, 9.17) is 4.74 Å². The molecule has 4 nitrogen and oxygen atoms in total. The molecular weight excluding hydrogens is 182 g/mol. The highest BCUT2D eigenvalue weighted by molar-refractivity contribution is 5.74. The number of morpholine rings is 1. The number of methoxy groups -OCH3 is 1. The molecule has 2 atom stereocenters. The summed E-state index contributed by atoms with van der Waals surface area (Å²) in [5.74, 6) is -0.242. The fourth-order valence-electron chi connectivity index (χ4n) is 2.26. The van der Waals surface area contributed by atoms with E-state index in [1.807, 2.05) is 0 Å². The van der Waals surface area contributed by atoms with Gasteiger partial charge in [-0.25, -0.2) is 4.79 Å². The molecule has 2 heterocycles. The Hall–Kier alpha value is -0.610. The molecule has 0 amide bonds. The van der Waals surface area contributed by atoms with Crippen LogP contribution < -0.4 is 0 Å². The van der Waals surface area contributed by atoms with Gasteiger partial charge < -0.3 is 9.47 Å². The van der Waals surface area contributed by atoms with Crippen LogP contribution in [0.4, 0.5) is 0 Å². The molecule has 0 bridgehead atoms. The van der Waals surface area contributed by atoms with Crippen molar-refractivity contribution >= 4 is 5.97 Å². The van der Waals surface area contributed by atoms with Gasteiger partial charge in [0.25, 0.3) is 0 Å². The molecule has 2 aliphatic heterocycles. The van der Waals surface area contributed by atoms with Gasteiger partial charge in [0.1, 0.15) is 0 Å². The minimum Gasteiger partial charge on any atom is -0.467 e. The normalized spacial score (nSPS) is 33.5. The van der Waals surface area contributed by atoms with E-state index in [-0.39, 0.29) is 12.1 Å². The lowest BCUT2D eigenvalue weighted by Gasteiger charge is -2.41. The maximum atomic E-state index is 11.3. The van der Waals surface area contributed by atoms with Crippen molar-refractivity contribution in [3.63, 3.8) is 0 Å². The molecule has 0 aromatic heterocycles. The van der Waals surface area contributed by atoms with Gasteiger partial charge in [-0.05, 0) is 19.4 Å². The highest BCUT2D eigenvalue weighted by Gasteiger charge is 2.34. The van der Waals surface area contributed by atoms with E-state index in [1.165, 1.54) is 26.4 Å². The third kappa shape index (κ3) is 1.91. The average Bonchev–Trinajstić information content (AvgIpc) is 2.27. The Morgan fingerprint density at radius 1 is 1.50 bits per heavy atom. The topological polar surface area (TPSA) is 38.8 Å². The summed E-state index contributed by atoms with van der Waals surface area (Å²) in [6, 6.07) is 0.532. The minimum atomic E-state index is -0.366. The van der Waals surface area contributed by atoms with Gasteiger partial charge in [-0.3, -0.25) is 4.90 Å². The Morgan fingerprint density at radius 3 is 3.14 bits per heavy atom. The molecule has 0 aliphatic carbocycles. The summed E-state index contributed by atoms with van der Waals surface area (Å²) in [6.07, 6.45) is 3.36. The smallest absolute Gasteiger partial charge is 0.336 e. The zero-order valence-electron chi connectivity index (χ0n) is 8.57. The molecule has 4 heteroatoms. The molecule has 0 unspecified atom stereocenters. The first-order valence-electron chi connectivity index (χ1n) is 5.24. The lowest BCUT2D eigenvalue weighted by molar-refractivity contribution is -0.164. The number of fused-ring (bicyclic) bond motifs is 1. The Kier molecular flexibility index (Phi) is 3.03. The van der Waals surface area contributed by atoms with Crippen molar-refractivity contribution in [2.45, 2.75) is 31.4 Å². The van der Waals surface area contributed by atoms with Crippen LogP contribution in [0.25, 0.3) is 0 Å². The number of nitrogens with zero attached hydrogens (tertiary/aromatic N) is 1. The molecular formula is C10H17NO3. The summed E-state index contributed by atoms with van der Waals surface area (Å²) in [5.41, 5.74) is 0. The van der Waals surface area contributed by atoms with E-state index in [0.29, 0.717) is 19.2 Å². The number of esters is 1. The van der Waals surface area contributed by atoms with E-state index in [9.17, 15) is 4.79 Å². The molecule has 2 saturated heterocycles. The van der Waals surface area contributed by atoms with Crippen molar-refractivity contribution in [1.82, 2.24) is 4.90 Å². The monoisotopic (exact) mass is 199 g/mol. The van der Waals surface area contributed by atoms with Crippen LogP contribution in [0, 0.1) is 0 Å². The predicted molar refractivity (Wildman–Crippen MR) is 51.0 cm³/mol. The quantitative estimate of drug-likeness (QED) is 0.573. The Bertz CT molecular complexity index is 219. The van der Waals surface area contributed by atoms with Gasteiger partial charge in [0.15, 0.2) is 6.10 Å². The fourth-order valence-corrected chi connectivity index (χ4v) is 2.26. The molecule has 0 aromatic rings. The fraction of sp³-hybridized carbons (Fsp3) is 0.900. The first-order chi connectivity index (χ1) is 6.81. The van der Waals surface area contributed by atoms with Crippen molar-refractivity contribution < 1.29 is 14.3 Å². The maximum Gasteiger partial charge on any atom is 0.336 e. The summed E-state index contributed by atoms with van der Waals surface area (Å²) in [4.78, 5) is 13.6. The molecule has 0 saturated carbocycles. The molecule has 0 spiro atoms. The molecule has 2 fully saturated rings. The number of hydrogen-bond donors (Lipinski definition) is 0. The van der Waals surface area contributed by atoms with Crippen LogP contribution in [0.1, 0.15) is 19.3 Å². The number of carbonyl (C=O) groups is 1. The number of piperidine rings is 1. The number of rotatable bonds is 1. The molecule has 14 heavy (non-hydrogen) atoms. The highest BCUT2D eigenvalue weighted by Crippen LogP contribution is 2.22. The molecule has 2 aliphatic rings. The number of carbonyl (C=O) groups excluding carboxylic acids is 1. The van der Waals surface area contributed by atoms with E-state index in [2.05, 4.69) is 9.64 Å². The average molecular weight is 199 g/mol. The van der Waals surface area contributed by atoms with Gasteiger partial charge in [-0.1, -0.05) is 6.42 Å². The minimum absolute atomic E-state index is 0.242. The lowest BCUT2D eigenvalue weighted by Crippen LogP contribution is -2.53. The first-order valence-corrected chi connectivity index (χ1v) is 5.24. The van der Waals surface area contributed by atoms with Gasteiger partial charge in [0.05, 0.1) is 13.7 Å². The van der Waals surface area contributed by atoms with E-state index in [1.54, 1.807) is 0 Å². The first kappa shape index (κ1) is 9.93. The third-order valence-electron chi connectivity index (χ3n) is 3.10. The van der Waals surface area contributed by atoms with Crippen LogP contribution in [-0.2, 0) is 14.3 Å². The standard InChI is InChI=1S/C10H17NO3/c1-13-10(12)9-6-11-5-3-2-4-8(11)7-14-9/h8-9H,2-7H2,1H3/t8-,9-/m0/s1. The predicted octanol–water partition coefficient (Wildman–Crippen LogP) is 0.413. The van der Waals surface area contributed by atoms with Gasteiger partial charge >= 0.3 is 5.97 Å². The molecule has 0 N–H and O–H groups in total. The SMILES string of the molecule is COC(=O)[C@@H]1CN2CCCC[C@H]2CO1. The maximum absolute atomic E-state index is 11.3. The second-order valence-corrected chi connectivity index (χ2v) is 3.99. The number of ether oxygens (including phenoxy) is 2.